The first-order valence-corrected chi connectivity index (χ1v) is 10.6. The second kappa shape index (κ2) is 8.68. The van der Waals surface area contributed by atoms with Crippen LogP contribution in [0.5, 0.6) is 0 Å². The number of benzene rings is 1. The average molecular weight is 428 g/mol. The van der Waals surface area contributed by atoms with E-state index in [4.69, 9.17) is 9.72 Å². The van der Waals surface area contributed by atoms with Gasteiger partial charge in [-0.2, -0.15) is 0 Å². The number of pyridine rings is 3. The zero-order chi connectivity index (χ0) is 21.9. The molecule has 4 heterocycles. The van der Waals surface area contributed by atoms with Gasteiger partial charge in [0, 0.05) is 37.7 Å². The lowest BCUT2D eigenvalue weighted by molar-refractivity contribution is 0.122. The van der Waals surface area contributed by atoms with E-state index in [1.165, 1.54) is 0 Å². The van der Waals surface area contributed by atoms with Crippen molar-refractivity contribution in [3.8, 4) is 11.4 Å². The number of rotatable bonds is 5. The van der Waals surface area contributed by atoms with Crippen LogP contribution in [0.25, 0.3) is 22.2 Å². The molecule has 0 aliphatic carbocycles. The maximum atomic E-state index is 12.6. The molecular formula is C24H24N6O2. The number of ether oxygens (including phenoxy) is 1. The van der Waals surface area contributed by atoms with Crippen LogP contribution in [0.15, 0.2) is 65.6 Å². The second-order valence-corrected chi connectivity index (χ2v) is 7.56. The van der Waals surface area contributed by atoms with Crippen LogP contribution in [0.3, 0.4) is 0 Å². The molecule has 0 spiro atoms. The van der Waals surface area contributed by atoms with Gasteiger partial charge < -0.3 is 25.3 Å². The fourth-order valence-electron chi connectivity index (χ4n) is 3.87. The van der Waals surface area contributed by atoms with Crippen LogP contribution in [0.1, 0.15) is 0 Å². The molecular weight excluding hydrogens is 404 g/mol. The van der Waals surface area contributed by atoms with Crippen molar-refractivity contribution in [2.45, 2.75) is 0 Å². The Labute approximate surface area is 185 Å². The minimum absolute atomic E-state index is 0.189. The van der Waals surface area contributed by atoms with Gasteiger partial charge in [0.05, 0.1) is 30.0 Å². The van der Waals surface area contributed by atoms with E-state index in [1.54, 1.807) is 6.20 Å². The molecule has 0 bridgehead atoms. The number of morpholine rings is 1. The summed E-state index contributed by atoms with van der Waals surface area (Å²) in [5.41, 5.74) is 3.23. The SMILES string of the molecule is CNc1cccc(-c2cc3cc[nH]c(=O)c3c(Nc3ccc(N4CCOCC4)cc3)n2)n1. The van der Waals surface area contributed by atoms with Gasteiger partial charge in [0.25, 0.3) is 5.56 Å². The van der Waals surface area contributed by atoms with Crippen molar-refractivity contribution < 1.29 is 4.74 Å². The molecule has 4 aromatic rings. The van der Waals surface area contributed by atoms with E-state index in [9.17, 15) is 4.79 Å². The molecule has 162 valence electrons. The summed E-state index contributed by atoms with van der Waals surface area (Å²) in [6.45, 7) is 3.26. The zero-order valence-electron chi connectivity index (χ0n) is 17.8. The highest BCUT2D eigenvalue weighted by Crippen LogP contribution is 2.28. The third-order valence-corrected chi connectivity index (χ3v) is 5.53. The average Bonchev–Trinajstić information content (AvgIpc) is 2.85. The maximum absolute atomic E-state index is 12.6. The Bertz CT molecular complexity index is 1300. The molecule has 1 aliphatic rings. The predicted molar refractivity (Wildman–Crippen MR) is 128 cm³/mol. The van der Waals surface area contributed by atoms with Crippen molar-refractivity contribution in [2.75, 3.05) is 48.9 Å². The number of H-pyrrole nitrogens is 1. The highest BCUT2D eigenvalue weighted by molar-refractivity contribution is 5.95. The van der Waals surface area contributed by atoms with Gasteiger partial charge in [-0.3, -0.25) is 4.79 Å². The van der Waals surface area contributed by atoms with Gasteiger partial charge in [-0.15, -0.1) is 0 Å². The van der Waals surface area contributed by atoms with Crippen molar-refractivity contribution in [2.24, 2.45) is 0 Å². The monoisotopic (exact) mass is 428 g/mol. The van der Waals surface area contributed by atoms with Crippen LogP contribution in [-0.4, -0.2) is 48.3 Å². The highest BCUT2D eigenvalue weighted by atomic mass is 16.5. The molecule has 8 nitrogen and oxygen atoms in total. The lowest BCUT2D eigenvalue weighted by Crippen LogP contribution is -2.36. The van der Waals surface area contributed by atoms with Gasteiger partial charge in [-0.25, -0.2) is 9.97 Å². The normalized spacial score (nSPS) is 13.8. The molecule has 8 heteroatoms. The number of anilines is 4. The third-order valence-electron chi connectivity index (χ3n) is 5.53. The molecule has 0 amide bonds. The summed E-state index contributed by atoms with van der Waals surface area (Å²) in [4.78, 5) is 27.0. The second-order valence-electron chi connectivity index (χ2n) is 7.56. The summed E-state index contributed by atoms with van der Waals surface area (Å²) in [5, 5.41) is 7.69. The molecule has 0 radical (unpaired) electrons. The van der Waals surface area contributed by atoms with Crippen LogP contribution < -0.4 is 21.1 Å². The van der Waals surface area contributed by atoms with E-state index < -0.39 is 0 Å². The van der Waals surface area contributed by atoms with Crippen LogP contribution >= 0.6 is 0 Å². The first-order chi connectivity index (χ1) is 15.7. The molecule has 32 heavy (non-hydrogen) atoms. The Hall–Kier alpha value is -3.91. The number of nitrogens with zero attached hydrogens (tertiary/aromatic N) is 3. The van der Waals surface area contributed by atoms with Gasteiger partial charge in [0.1, 0.15) is 11.6 Å². The zero-order valence-corrected chi connectivity index (χ0v) is 17.8. The van der Waals surface area contributed by atoms with E-state index >= 15 is 0 Å². The van der Waals surface area contributed by atoms with Crippen molar-refractivity contribution in [3.63, 3.8) is 0 Å². The molecule has 0 unspecified atom stereocenters. The fourth-order valence-corrected chi connectivity index (χ4v) is 3.87. The maximum Gasteiger partial charge on any atom is 0.259 e. The number of nitrogens with one attached hydrogen (secondary N) is 3. The molecule has 5 rings (SSSR count). The Morgan fingerprint density at radius 2 is 1.81 bits per heavy atom. The third kappa shape index (κ3) is 4.00. The Balaban J connectivity index is 1.53. The van der Waals surface area contributed by atoms with Gasteiger partial charge in [-0.1, -0.05) is 6.07 Å². The van der Waals surface area contributed by atoms with Crippen molar-refractivity contribution in [1.29, 1.82) is 0 Å². The molecule has 0 saturated carbocycles. The Morgan fingerprint density at radius 3 is 2.59 bits per heavy atom. The van der Waals surface area contributed by atoms with Crippen LogP contribution in [0, 0.1) is 0 Å². The molecule has 0 atom stereocenters. The molecule has 1 aromatic carbocycles. The van der Waals surface area contributed by atoms with E-state index in [1.807, 2.05) is 49.5 Å². The largest absolute Gasteiger partial charge is 0.378 e. The minimum Gasteiger partial charge on any atom is -0.378 e. The Kier molecular flexibility index (Phi) is 5.43. The molecule has 1 aliphatic heterocycles. The fraction of sp³-hybridized carbons (Fsp3) is 0.208. The van der Waals surface area contributed by atoms with E-state index in [2.05, 4.69) is 37.6 Å². The van der Waals surface area contributed by atoms with E-state index in [0.717, 1.165) is 54.6 Å². The number of aromatic amines is 1. The van der Waals surface area contributed by atoms with Crippen molar-refractivity contribution in [1.82, 2.24) is 15.0 Å². The quantitative estimate of drug-likeness (QED) is 0.447. The summed E-state index contributed by atoms with van der Waals surface area (Å²) in [6, 6.07) is 17.6. The first kappa shape index (κ1) is 20.0. The molecule has 1 saturated heterocycles. The summed E-state index contributed by atoms with van der Waals surface area (Å²) in [6.07, 6.45) is 1.65. The van der Waals surface area contributed by atoms with Crippen molar-refractivity contribution in [3.05, 3.63) is 71.1 Å². The predicted octanol–water partition coefficient (Wildman–Crippen LogP) is 3.61. The van der Waals surface area contributed by atoms with Crippen LogP contribution in [0.4, 0.5) is 23.0 Å². The lowest BCUT2D eigenvalue weighted by atomic mass is 10.1. The minimum atomic E-state index is -0.189. The number of hydrogen-bond donors (Lipinski definition) is 3. The number of fused-ring (bicyclic) bond motifs is 1. The smallest absolute Gasteiger partial charge is 0.259 e. The molecule has 1 fully saturated rings. The molecule has 3 N–H and O–H groups in total. The van der Waals surface area contributed by atoms with Gasteiger partial charge >= 0.3 is 0 Å². The topological polar surface area (TPSA) is 95.2 Å². The van der Waals surface area contributed by atoms with Crippen molar-refractivity contribution >= 4 is 33.8 Å². The van der Waals surface area contributed by atoms with Crippen LogP contribution in [-0.2, 0) is 4.74 Å². The highest BCUT2D eigenvalue weighted by Gasteiger charge is 2.14. The summed E-state index contributed by atoms with van der Waals surface area (Å²) < 4.78 is 5.43. The van der Waals surface area contributed by atoms with Crippen LogP contribution in [0.2, 0.25) is 0 Å². The number of aromatic nitrogens is 3. The van der Waals surface area contributed by atoms with E-state index in [0.29, 0.717) is 16.9 Å². The number of hydrogen-bond acceptors (Lipinski definition) is 7. The standard InChI is InChI=1S/C24H24N6O2/c1-25-21-4-2-3-19(28-21)20-15-16-9-10-26-24(31)22(16)23(29-20)27-17-5-7-18(8-6-17)30-11-13-32-14-12-30/h2-10,15H,11-14H2,1H3,(H,25,28)(H,26,31)(H,27,29). The summed E-state index contributed by atoms with van der Waals surface area (Å²) in [5.74, 6) is 1.25. The lowest BCUT2D eigenvalue weighted by Gasteiger charge is -2.28. The van der Waals surface area contributed by atoms with Gasteiger partial charge in [0.15, 0.2) is 0 Å². The molecule has 3 aromatic heterocycles. The van der Waals surface area contributed by atoms with E-state index in [-0.39, 0.29) is 5.56 Å². The van der Waals surface area contributed by atoms with Gasteiger partial charge in [-0.05, 0) is 53.9 Å². The Morgan fingerprint density at radius 1 is 1.00 bits per heavy atom. The first-order valence-electron chi connectivity index (χ1n) is 10.6. The summed E-state index contributed by atoms with van der Waals surface area (Å²) in [7, 11) is 1.83. The summed E-state index contributed by atoms with van der Waals surface area (Å²) >= 11 is 0. The van der Waals surface area contributed by atoms with Gasteiger partial charge in [0.2, 0.25) is 0 Å².